The second-order valence-electron chi connectivity index (χ2n) is 7.27. The zero-order valence-electron chi connectivity index (χ0n) is 16.7. The van der Waals surface area contributed by atoms with Crippen LogP contribution in [0.25, 0.3) is 0 Å². The molecule has 2 atom stereocenters. The number of rotatable bonds is 5. The summed E-state index contributed by atoms with van der Waals surface area (Å²) in [6.07, 6.45) is 1.16. The maximum Gasteiger partial charge on any atom is 0.191 e. The maximum atomic E-state index is 5.99. The third kappa shape index (κ3) is 5.68. The lowest BCUT2D eigenvalue weighted by atomic mass is 10.1. The molecule has 0 aromatic heterocycles. The minimum Gasteiger partial charge on any atom is -0.486 e. The van der Waals surface area contributed by atoms with Gasteiger partial charge in [-0.1, -0.05) is 30.3 Å². The van der Waals surface area contributed by atoms with E-state index in [-0.39, 0.29) is 30.1 Å². The Hall–Kier alpha value is -2.16. The van der Waals surface area contributed by atoms with E-state index in [4.69, 9.17) is 9.47 Å². The standard InChI is InChI=1S/C22H28N4O2.HI/c1-23-22(25-14-19-16-27-20-9-5-6-10-21(20)28-19)24-13-17-11-12-26(15-17)18-7-3-2-4-8-18;/h2-10,17,19H,11-16H2,1H3,(H2,23,24,25);1H. The van der Waals surface area contributed by atoms with Crippen LogP contribution in [-0.4, -0.2) is 51.9 Å². The third-order valence-electron chi connectivity index (χ3n) is 5.25. The Balaban J connectivity index is 0.00000240. The number of hydrogen-bond donors (Lipinski definition) is 2. The predicted molar refractivity (Wildman–Crippen MR) is 128 cm³/mol. The molecule has 2 aromatic carbocycles. The van der Waals surface area contributed by atoms with Gasteiger partial charge in [-0.05, 0) is 36.6 Å². The van der Waals surface area contributed by atoms with Crippen molar-refractivity contribution < 1.29 is 9.47 Å². The van der Waals surface area contributed by atoms with Gasteiger partial charge in [0.2, 0.25) is 0 Å². The van der Waals surface area contributed by atoms with Crippen LogP contribution in [0.1, 0.15) is 6.42 Å². The Labute approximate surface area is 189 Å². The van der Waals surface area contributed by atoms with Crippen LogP contribution in [0.3, 0.4) is 0 Å². The number of nitrogens with one attached hydrogen (secondary N) is 2. The lowest BCUT2D eigenvalue weighted by Gasteiger charge is -2.27. The van der Waals surface area contributed by atoms with Crippen LogP contribution < -0.4 is 25.0 Å². The van der Waals surface area contributed by atoms with E-state index in [1.54, 1.807) is 7.05 Å². The van der Waals surface area contributed by atoms with E-state index in [0.717, 1.165) is 37.1 Å². The molecule has 1 fully saturated rings. The molecule has 2 N–H and O–H groups in total. The van der Waals surface area contributed by atoms with Crippen molar-refractivity contribution in [3.63, 3.8) is 0 Å². The van der Waals surface area contributed by atoms with E-state index in [2.05, 4.69) is 50.9 Å². The molecule has 1 saturated heterocycles. The number of guanidine groups is 1. The van der Waals surface area contributed by atoms with Crippen LogP contribution in [0.4, 0.5) is 5.69 Å². The van der Waals surface area contributed by atoms with E-state index in [1.807, 2.05) is 24.3 Å². The number of benzene rings is 2. The first-order chi connectivity index (χ1) is 13.8. The first-order valence-electron chi connectivity index (χ1n) is 9.95. The van der Waals surface area contributed by atoms with Gasteiger partial charge in [0.05, 0.1) is 6.54 Å². The molecule has 0 bridgehead atoms. The number of aliphatic imine (C=N–C) groups is 1. The Kier molecular flexibility index (Phi) is 7.85. The van der Waals surface area contributed by atoms with Gasteiger partial charge in [-0.15, -0.1) is 24.0 Å². The van der Waals surface area contributed by atoms with Crippen molar-refractivity contribution in [1.82, 2.24) is 10.6 Å². The molecule has 0 aliphatic carbocycles. The number of nitrogens with zero attached hydrogens (tertiary/aromatic N) is 2. The monoisotopic (exact) mass is 508 g/mol. The summed E-state index contributed by atoms with van der Waals surface area (Å²) in [6, 6.07) is 18.4. The van der Waals surface area contributed by atoms with Crippen molar-refractivity contribution in [2.75, 3.05) is 44.7 Å². The average molecular weight is 508 g/mol. The highest BCUT2D eigenvalue weighted by Gasteiger charge is 2.23. The van der Waals surface area contributed by atoms with E-state index in [9.17, 15) is 0 Å². The van der Waals surface area contributed by atoms with Crippen molar-refractivity contribution in [3.05, 3.63) is 54.6 Å². The van der Waals surface area contributed by atoms with Gasteiger partial charge in [0.25, 0.3) is 0 Å². The fourth-order valence-electron chi connectivity index (χ4n) is 3.71. The highest BCUT2D eigenvalue weighted by Crippen LogP contribution is 2.30. The number of para-hydroxylation sites is 3. The topological polar surface area (TPSA) is 58.1 Å². The van der Waals surface area contributed by atoms with Crippen molar-refractivity contribution in [2.45, 2.75) is 12.5 Å². The Morgan fingerprint density at radius 2 is 1.76 bits per heavy atom. The van der Waals surface area contributed by atoms with Gasteiger partial charge in [0.15, 0.2) is 17.5 Å². The number of fused-ring (bicyclic) bond motifs is 1. The van der Waals surface area contributed by atoms with E-state index < -0.39 is 0 Å². The van der Waals surface area contributed by atoms with Crippen molar-refractivity contribution in [3.8, 4) is 11.5 Å². The lowest BCUT2D eigenvalue weighted by Crippen LogP contribution is -2.46. The highest BCUT2D eigenvalue weighted by molar-refractivity contribution is 14.0. The molecule has 0 saturated carbocycles. The van der Waals surface area contributed by atoms with E-state index in [1.165, 1.54) is 12.1 Å². The normalized spacial score (nSPS) is 20.7. The van der Waals surface area contributed by atoms with Crippen LogP contribution >= 0.6 is 24.0 Å². The molecular weight excluding hydrogens is 479 g/mol. The Morgan fingerprint density at radius 1 is 1.03 bits per heavy atom. The summed E-state index contributed by atoms with van der Waals surface area (Å²) in [5, 5.41) is 6.82. The average Bonchev–Trinajstić information content (AvgIpc) is 3.23. The Bertz CT molecular complexity index is 802. The zero-order chi connectivity index (χ0) is 19.2. The molecule has 156 valence electrons. The van der Waals surface area contributed by atoms with E-state index >= 15 is 0 Å². The molecule has 0 amide bonds. The molecule has 2 aliphatic heterocycles. The van der Waals surface area contributed by atoms with Crippen LogP contribution in [0, 0.1) is 5.92 Å². The molecule has 2 aromatic rings. The summed E-state index contributed by atoms with van der Waals surface area (Å²) in [7, 11) is 1.80. The quantitative estimate of drug-likeness (QED) is 0.370. The summed E-state index contributed by atoms with van der Waals surface area (Å²) < 4.78 is 11.8. The minimum absolute atomic E-state index is 0. The maximum absolute atomic E-state index is 5.99. The predicted octanol–water partition coefficient (Wildman–Crippen LogP) is 3.14. The molecular formula is C22H29IN4O2. The molecule has 2 unspecified atom stereocenters. The fraction of sp³-hybridized carbons (Fsp3) is 0.409. The molecule has 2 heterocycles. The summed E-state index contributed by atoms with van der Waals surface area (Å²) >= 11 is 0. The molecule has 7 heteroatoms. The highest BCUT2D eigenvalue weighted by atomic mass is 127. The SMILES string of the molecule is CN=C(NCC1CCN(c2ccccc2)C1)NCC1COc2ccccc2O1.I. The first kappa shape index (κ1) is 21.5. The molecule has 29 heavy (non-hydrogen) atoms. The van der Waals surface area contributed by atoms with Gasteiger partial charge in [-0.3, -0.25) is 4.99 Å². The van der Waals surface area contributed by atoms with Crippen LogP contribution in [0.15, 0.2) is 59.6 Å². The second-order valence-corrected chi connectivity index (χ2v) is 7.27. The summed E-state index contributed by atoms with van der Waals surface area (Å²) in [5.74, 6) is 3.03. The summed E-state index contributed by atoms with van der Waals surface area (Å²) in [4.78, 5) is 6.79. The minimum atomic E-state index is -0.0338. The number of halogens is 1. The summed E-state index contributed by atoms with van der Waals surface area (Å²) in [6.45, 7) is 4.28. The van der Waals surface area contributed by atoms with Gasteiger partial charge in [-0.25, -0.2) is 0 Å². The van der Waals surface area contributed by atoms with Crippen molar-refractivity contribution >= 4 is 35.6 Å². The number of anilines is 1. The number of ether oxygens (including phenoxy) is 2. The molecule has 0 spiro atoms. The van der Waals surface area contributed by atoms with Crippen molar-refractivity contribution in [2.24, 2.45) is 10.9 Å². The van der Waals surface area contributed by atoms with Gasteiger partial charge < -0.3 is 25.0 Å². The lowest BCUT2D eigenvalue weighted by molar-refractivity contribution is 0.0936. The van der Waals surface area contributed by atoms with Crippen molar-refractivity contribution in [1.29, 1.82) is 0 Å². The molecule has 4 rings (SSSR count). The first-order valence-corrected chi connectivity index (χ1v) is 9.95. The zero-order valence-corrected chi connectivity index (χ0v) is 19.0. The number of hydrogen-bond acceptors (Lipinski definition) is 4. The third-order valence-corrected chi connectivity index (χ3v) is 5.25. The van der Waals surface area contributed by atoms with Gasteiger partial charge >= 0.3 is 0 Å². The molecule has 6 nitrogen and oxygen atoms in total. The smallest absolute Gasteiger partial charge is 0.191 e. The van der Waals surface area contributed by atoms with Gasteiger partial charge in [0, 0.05) is 32.4 Å². The Morgan fingerprint density at radius 3 is 2.55 bits per heavy atom. The summed E-state index contributed by atoms with van der Waals surface area (Å²) in [5.41, 5.74) is 1.31. The largest absolute Gasteiger partial charge is 0.486 e. The fourth-order valence-corrected chi connectivity index (χ4v) is 3.71. The molecule has 0 radical (unpaired) electrons. The molecule has 2 aliphatic rings. The van der Waals surface area contributed by atoms with Crippen LogP contribution in [0.5, 0.6) is 11.5 Å². The van der Waals surface area contributed by atoms with E-state index in [0.29, 0.717) is 19.1 Å². The van der Waals surface area contributed by atoms with Crippen LogP contribution in [-0.2, 0) is 0 Å². The van der Waals surface area contributed by atoms with Gasteiger partial charge in [-0.2, -0.15) is 0 Å². The second kappa shape index (κ2) is 10.6. The van der Waals surface area contributed by atoms with Gasteiger partial charge in [0.1, 0.15) is 12.7 Å². The van der Waals surface area contributed by atoms with Crippen LogP contribution in [0.2, 0.25) is 0 Å².